The second-order valence-electron chi connectivity index (χ2n) is 7.19. The van der Waals surface area contributed by atoms with Crippen LogP contribution in [0.3, 0.4) is 0 Å². The van der Waals surface area contributed by atoms with Gasteiger partial charge in [0.25, 0.3) is 5.91 Å². The molecular formula is C20H24N4O3. The number of nitrogens with two attached hydrogens (primary N) is 1. The molecule has 7 nitrogen and oxygen atoms in total. The van der Waals surface area contributed by atoms with E-state index in [1.165, 1.54) is 0 Å². The molecule has 0 unspecified atom stereocenters. The van der Waals surface area contributed by atoms with E-state index in [2.05, 4.69) is 15.2 Å². The van der Waals surface area contributed by atoms with E-state index in [0.717, 1.165) is 61.1 Å². The topological polar surface area (TPSA) is 97.6 Å². The van der Waals surface area contributed by atoms with Gasteiger partial charge in [0.05, 0.1) is 6.54 Å². The number of fused-ring (bicyclic) bond motifs is 1. The van der Waals surface area contributed by atoms with Crippen molar-refractivity contribution in [2.75, 3.05) is 31.1 Å². The summed E-state index contributed by atoms with van der Waals surface area (Å²) in [7, 11) is 0. The van der Waals surface area contributed by atoms with Gasteiger partial charge in [0.1, 0.15) is 17.5 Å². The molecule has 27 heavy (non-hydrogen) atoms. The number of ketones is 1. The number of rotatable bonds is 4. The Balaban J connectivity index is 1.76. The van der Waals surface area contributed by atoms with E-state index in [0.29, 0.717) is 13.0 Å². The first-order valence-electron chi connectivity index (χ1n) is 9.48. The summed E-state index contributed by atoms with van der Waals surface area (Å²) >= 11 is 0. The molecule has 3 heterocycles. The lowest BCUT2D eigenvalue weighted by molar-refractivity contribution is -0.118. The van der Waals surface area contributed by atoms with Crippen LogP contribution in [0.25, 0.3) is 10.8 Å². The van der Waals surface area contributed by atoms with Crippen LogP contribution in [0.15, 0.2) is 24.4 Å². The summed E-state index contributed by atoms with van der Waals surface area (Å²) in [5.41, 5.74) is 6.57. The molecule has 0 atom stereocenters. The van der Waals surface area contributed by atoms with E-state index >= 15 is 0 Å². The Bertz CT molecular complexity index is 877. The van der Waals surface area contributed by atoms with E-state index in [9.17, 15) is 9.59 Å². The molecule has 142 valence electrons. The number of hydrogen-bond acceptors (Lipinski definition) is 6. The van der Waals surface area contributed by atoms with Gasteiger partial charge in [-0.05, 0) is 50.6 Å². The maximum absolute atomic E-state index is 11.9. The molecule has 2 saturated heterocycles. The third-order valence-corrected chi connectivity index (χ3v) is 5.26. The first-order valence-corrected chi connectivity index (χ1v) is 9.48. The Morgan fingerprint density at radius 1 is 1.26 bits per heavy atom. The van der Waals surface area contributed by atoms with Gasteiger partial charge in [0, 0.05) is 35.6 Å². The predicted octanol–water partition coefficient (Wildman–Crippen LogP) is 1.63. The van der Waals surface area contributed by atoms with E-state index in [1.807, 2.05) is 12.1 Å². The van der Waals surface area contributed by atoms with Crippen molar-refractivity contribution in [1.29, 1.82) is 0 Å². The number of piperidine rings is 2. The first kappa shape index (κ1) is 17.7. The van der Waals surface area contributed by atoms with Crippen LogP contribution in [0.5, 0.6) is 5.75 Å². The Morgan fingerprint density at radius 3 is 2.81 bits per heavy atom. The first-order chi connectivity index (χ1) is 13.1. The van der Waals surface area contributed by atoms with Gasteiger partial charge in [-0.3, -0.25) is 14.6 Å². The molecule has 1 aromatic heterocycles. The summed E-state index contributed by atoms with van der Waals surface area (Å²) in [6.45, 7) is 3.09. The molecule has 7 heteroatoms. The van der Waals surface area contributed by atoms with Gasteiger partial charge < -0.3 is 20.7 Å². The standard InChI is InChI=1S/C20H24N4O3/c21-20(26)17-10-15-16(11-23-17)19(27-14-5-7-22-8-6-14)4-3-18(15)24-9-1-2-13(25)12-24/h3-4,10-11,14,22H,1-2,5-9,12H2,(H2,21,26). The highest BCUT2D eigenvalue weighted by molar-refractivity contribution is 6.03. The number of anilines is 1. The molecule has 1 aromatic carbocycles. The normalized spacial score (nSPS) is 18.7. The van der Waals surface area contributed by atoms with Crippen molar-refractivity contribution in [3.8, 4) is 5.75 Å². The summed E-state index contributed by atoms with van der Waals surface area (Å²) in [6.07, 6.45) is 5.18. The Morgan fingerprint density at radius 2 is 2.07 bits per heavy atom. The zero-order valence-electron chi connectivity index (χ0n) is 15.2. The second kappa shape index (κ2) is 7.52. The van der Waals surface area contributed by atoms with Crippen molar-refractivity contribution in [2.24, 2.45) is 5.73 Å². The number of pyridine rings is 1. The molecule has 2 aliphatic rings. The lowest BCUT2D eigenvalue weighted by Gasteiger charge is -2.30. The molecule has 0 saturated carbocycles. The second-order valence-corrected chi connectivity index (χ2v) is 7.19. The SMILES string of the molecule is NC(=O)c1cc2c(N3CCCC(=O)C3)ccc(OC3CCNCC3)c2cn1. The molecule has 2 fully saturated rings. The van der Waals surface area contributed by atoms with Crippen molar-refractivity contribution in [1.82, 2.24) is 10.3 Å². The Hall–Kier alpha value is -2.67. The number of aromatic nitrogens is 1. The van der Waals surface area contributed by atoms with Crippen LogP contribution in [-0.2, 0) is 4.79 Å². The van der Waals surface area contributed by atoms with Crippen LogP contribution in [0.4, 0.5) is 5.69 Å². The number of amides is 1. The smallest absolute Gasteiger partial charge is 0.267 e. The van der Waals surface area contributed by atoms with Crippen LogP contribution in [0, 0.1) is 0 Å². The molecule has 0 radical (unpaired) electrons. The number of nitrogens with zero attached hydrogens (tertiary/aromatic N) is 2. The number of ether oxygens (including phenoxy) is 1. The Kier molecular flexibility index (Phi) is 4.94. The van der Waals surface area contributed by atoms with Gasteiger partial charge in [0.15, 0.2) is 5.78 Å². The fourth-order valence-electron chi connectivity index (χ4n) is 3.85. The van der Waals surface area contributed by atoms with Crippen molar-refractivity contribution < 1.29 is 14.3 Å². The average Bonchev–Trinajstić information content (AvgIpc) is 2.68. The molecule has 0 bridgehead atoms. The van der Waals surface area contributed by atoms with Crippen molar-refractivity contribution >= 4 is 28.2 Å². The summed E-state index contributed by atoms with van der Waals surface area (Å²) < 4.78 is 6.25. The van der Waals surface area contributed by atoms with Crippen LogP contribution in [0.1, 0.15) is 36.2 Å². The summed E-state index contributed by atoms with van der Waals surface area (Å²) in [6, 6.07) is 5.63. The van der Waals surface area contributed by atoms with E-state index in [1.54, 1.807) is 12.3 Å². The van der Waals surface area contributed by atoms with Gasteiger partial charge >= 0.3 is 0 Å². The number of primary amides is 1. The third kappa shape index (κ3) is 3.73. The van der Waals surface area contributed by atoms with Crippen molar-refractivity contribution in [3.05, 3.63) is 30.1 Å². The zero-order valence-corrected chi connectivity index (χ0v) is 15.2. The van der Waals surface area contributed by atoms with E-state index in [4.69, 9.17) is 10.5 Å². The highest BCUT2D eigenvalue weighted by Gasteiger charge is 2.22. The van der Waals surface area contributed by atoms with Gasteiger partial charge in [-0.15, -0.1) is 0 Å². The monoisotopic (exact) mass is 368 g/mol. The number of carbonyl (C=O) groups is 2. The molecule has 1 amide bonds. The van der Waals surface area contributed by atoms with E-state index in [-0.39, 0.29) is 17.6 Å². The van der Waals surface area contributed by atoms with Gasteiger partial charge in [-0.2, -0.15) is 0 Å². The molecule has 0 aliphatic carbocycles. The lowest BCUT2D eigenvalue weighted by Crippen LogP contribution is -2.35. The highest BCUT2D eigenvalue weighted by Crippen LogP contribution is 2.35. The van der Waals surface area contributed by atoms with Crippen LogP contribution in [-0.4, -0.2) is 49.0 Å². The average molecular weight is 368 g/mol. The van der Waals surface area contributed by atoms with Crippen molar-refractivity contribution in [3.63, 3.8) is 0 Å². The maximum atomic E-state index is 11.9. The zero-order chi connectivity index (χ0) is 18.8. The Labute approximate surface area is 157 Å². The largest absolute Gasteiger partial charge is 0.490 e. The third-order valence-electron chi connectivity index (χ3n) is 5.26. The molecular weight excluding hydrogens is 344 g/mol. The molecule has 3 N–H and O–H groups in total. The quantitative estimate of drug-likeness (QED) is 0.851. The number of hydrogen-bond donors (Lipinski definition) is 2. The van der Waals surface area contributed by atoms with Gasteiger partial charge in [-0.25, -0.2) is 0 Å². The highest BCUT2D eigenvalue weighted by atomic mass is 16.5. The minimum absolute atomic E-state index is 0.160. The summed E-state index contributed by atoms with van der Waals surface area (Å²) in [5.74, 6) is 0.420. The molecule has 2 aliphatic heterocycles. The fraction of sp³-hybridized carbons (Fsp3) is 0.450. The van der Waals surface area contributed by atoms with Gasteiger partial charge in [0.2, 0.25) is 0 Å². The maximum Gasteiger partial charge on any atom is 0.267 e. The van der Waals surface area contributed by atoms with Crippen LogP contribution >= 0.6 is 0 Å². The number of nitrogens with one attached hydrogen (secondary N) is 1. The van der Waals surface area contributed by atoms with Crippen molar-refractivity contribution in [2.45, 2.75) is 31.8 Å². The van der Waals surface area contributed by atoms with Crippen LogP contribution in [0.2, 0.25) is 0 Å². The lowest BCUT2D eigenvalue weighted by atomic mass is 10.0. The predicted molar refractivity (Wildman–Crippen MR) is 103 cm³/mol. The molecule has 4 rings (SSSR count). The molecule has 0 spiro atoms. The minimum Gasteiger partial charge on any atom is -0.490 e. The number of benzene rings is 1. The summed E-state index contributed by atoms with van der Waals surface area (Å²) in [5, 5.41) is 5.02. The molecule has 2 aromatic rings. The van der Waals surface area contributed by atoms with Crippen LogP contribution < -0.4 is 20.7 Å². The minimum atomic E-state index is -0.567. The number of Topliss-reactive ketones (excluding diaryl/α,β-unsaturated/α-hetero) is 1. The summed E-state index contributed by atoms with van der Waals surface area (Å²) in [4.78, 5) is 29.8. The van der Waals surface area contributed by atoms with E-state index < -0.39 is 5.91 Å². The fourth-order valence-corrected chi connectivity index (χ4v) is 3.85. The number of carbonyl (C=O) groups excluding carboxylic acids is 2. The van der Waals surface area contributed by atoms with Gasteiger partial charge in [-0.1, -0.05) is 0 Å².